The number of benzene rings is 1. The van der Waals surface area contributed by atoms with E-state index >= 15 is 0 Å². The minimum absolute atomic E-state index is 0.0535. The van der Waals surface area contributed by atoms with Crippen LogP contribution in [-0.2, 0) is 6.42 Å². The molecule has 5 heteroatoms. The van der Waals surface area contributed by atoms with Crippen LogP contribution in [0.5, 0.6) is 0 Å². The van der Waals surface area contributed by atoms with Crippen LogP contribution in [0.15, 0.2) is 42.5 Å². The first-order valence-corrected chi connectivity index (χ1v) is 8.29. The van der Waals surface area contributed by atoms with Gasteiger partial charge in [0.05, 0.1) is 17.4 Å². The van der Waals surface area contributed by atoms with E-state index in [4.69, 9.17) is 0 Å². The van der Waals surface area contributed by atoms with Gasteiger partial charge in [0, 0.05) is 25.2 Å². The van der Waals surface area contributed by atoms with E-state index in [-0.39, 0.29) is 12.1 Å². The van der Waals surface area contributed by atoms with Crippen LogP contribution in [0.3, 0.4) is 0 Å². The number of urea groups is 1. The fourth-order valence-corrected chi connectivity index (χ4v) is 3.14. The topological polar surface area (TPSA) is 48.5 Å². The lowest BCUT2D eigenvalue weighted by molar-refractivity contribution is 0.238. The Labute approximate surface area is 143 Å². The molecule has 0 spiro atoms. The van der Waals surface area contributed by atoms with Crippen LogP contribution in [0.2, 0.25) is 0 Å². The molecule has 5 nitrogen and oxygen atoms in total. The van der Waals surface area contributed by atoms with E-state index in [2.05, 4.69) is 27.3 Å². The molecule has 2 heterocycles. The van der Waals surface area contributed by atoms with Gasteiger partial charge in [-0.1, -0.05) is 30.3 Å². The summed E-state index contributed by atoms with van der Waals surface area (Å²) in [5, 5.41) is 3.08. The van der Waals surface area contributed by atoms with Gasteiger partial charge in [-0.2, -0.15) is 0 Å². The molecule has 1 aromatic heterocycles. The Balaban J connectivity index is 1.68. The zero-order valence-electron chi connectivity index (χ0n) is 14.5. The van der Waals surface area contributed by atoms with Crippen LogP contribution >= 0.6 is 0 Å². The predicted octanol–water partition coefficient (Wildman–Crippen LogP) is 2.77. The highest BCUT2D eigenvalue weighted by Gasteiger charge is 2.26. The van der Waals surface area contributed by atoms with Gasteiger partial charge in [-0.25, -0.2) is 4.79 Å². The average molecular weight is 324 g/mol. The third-order valence-corrected chi connectivity index (χ3v) is 4.45. The van der Waals surface area contributed by atoms with Crippen molar-refractivity contribution in [3.05, 3.63) is 59.4 Å². The summed E-state index contributed by atoms with van der Waals surface area (Å²) >= 11 is 0. The molecule has 0 aliphatic carbocycles. The van der Waals surface area contributed by atoms with Gasteiger partial charge in [0.15, 0.2) is 0 Å². The van der Waals surface area contributed by atoms with Gasteiger partial charge in [-0.3, -0.25) is 9.88 Å². The van der Waals surface area contributed by atoms with Crippen molar-refractivity contribution in [2.45, 2.75) is 19.4 Å². The molecule has 1 aliphatic heterocycles. The van der Waals surface area contributed by atoms with E-state index in [1.165, 1.54) is 5.56 Å². The average Bonchev–Trinajstić information content (AvgIpc) is 2.98. The van der Waals surface area contributed by atoms with E-state index in [0.29, 0.717) is 13.1 Å². The number of nitrogens with zero attached hydrogens (tertiary/aromatic N) is 3. The summed E-state index contributed by atoms with van der Waals surface area (Å²) in [6.45, 7) is 3.24. The van der Waals surface area contributed by atoms with Crippen LogP contribution in [0.4, 0.5) is 10.5 Å². The molecule has 0 saturated heterocycles. The van der Waals surface area contributed by atoms with Gasteiger partial charge < -0.3 is 10.2 Å². The van der Waals surface area contributed by atoms with E-state index in [1.807, 2.05) is 51.4 Å². The van der Waals surface area contributed by atoms with Gasteiger partial charge in [0.2, 0.25) is 0 Å². The molecular formula is C19H24N4O. The Bertz CT molecular complexity index is 715. The fourth-order valence-electron chi connectivity index (χ4n) is 3.14. The molecular weight excluding hydrogens is 300 g/mol. The SMILES string of the molecule is Cc1ccc2c(n1)CCN2C(=O)NC[C@@H](c1ccccc1)N(C)C. The second-order valence-electron chi connectivity index (χ2n) is 6.40. The maximum atomic E-state index is 12.6. The molecule has 0 fully saturated rings. The standard InChI is InChI=1S/C19H24N4O/c1-14-9-10-17-16(21-14)11-12-23(17)19(24)20-13-18(22(2)3)15-7-5-4-6-8-15/h4-10,18H,11-13H2,1-3H3,(H,20,24)/t18-/m0/s1. The second-order valence-corrected chi connectivity index (χ2v) is 6.40. The Morgan fingerprint density at radius 3 is 2.71 bits per heavy atom. The normalized spacial score (nSPS) is 14.6. The molecule has 1 aliphatic rings. The maximum absolute atomic E-state index is 12.6. The first kappa shape index (κ1) is 16.5. The van der Waals surface area contributed by atoms with Crippen LogP contribution in [-0.4, -0.2) is 43.1 Å². The third kappa shape index (κ3) is 3.41. The minimum atomic E-state index is -0.0535. The van der Waals surface area contributed by atoms with Gasteiger partial charge >= 0.3 is 6.03 Å². The number of aromatic nitrogens is 1. The van der Waals surface area contributed by atoms with Crippen LogP contribution in [0.25, 0.3) is 0 Å². The highest BCUT2D eigenvalue weighted by Crippen LogP contribution is 2.26. The number of hydrogen-bond donors (Lipinski definition) is 1. The smallest absolute Gasteiger partial charge is 0.322 e. The molecule has 2 aromatic rings. The number of hydrogen-bond acceptors (Lipinski definition) is 3. The van der Waals surface area contributed by atoms with Gasteiger partial charge in [0.25, 0.3) is 0 Å². The molecule has 24 heavy (non-hydrogen) atoms. The molecule has 1 N–H and O–H groups in total. The second kappa shape index (κ2) is 7.01. The molecule has 126 valence electrons. The Morgan fingerprint density at radius 2 is 2.00 bits per heavy atom. The van der Waals surface area contributed by atoms with Crippen molar-refractivity contribution in [2.24, 2.45) is 0 Å². The number of carbonyl (C=O) groups is 1. The van der Waals surface area contributed by atoms with Crippen molar-refractivity contribution in [3.63, 3.8) is 0 Å². The van der Waals surface area contributed by atoms with Crippen molar-refractivity contribution in [1.82, 2.24) is 15.2 Å². The van der Waals surface area contributed by atoms with Crippen LogP contribution in [0.1, 0.15) is 23.0 Å². The molecule has 0 radical (unpaired) electrons. The fraction of sp³-hybridized carbons (Fsp3) is 0.368. The first-order chi connectivity index (χ1) is 11.6. The van der Waals surface area contributed by atoms with Crippen molar-refractivity contribution in [2.75, 3.05) is 32.1 Å². The Kier molecular flexibility index (Phi) is 4.81. The van der Waals surface area contributed by atoms with Gasteiger partial charge in [0.1, 0.15) is 0 Å². The zero-order valence-corrected chi connectivity index (χ0v) is 14.5. The summed E-state index contributed by atoms with van der Waals surface area (Å²) < 4.78 is 0. The van der Waals surface area contributed by atoms with Crippen molar-refractivity contribution < 1.29 is 4.79 Å². The first-order valence-electron chi connectivity index (χ1n) is 8.29. The number of pyridine rings is 1. The summed E-state index contributed by atoms with van der Waals surface area (Å²) in [4.78, 5) is 21.1. The monoisotopic (exact) mass is 324 g/mol. The number of amides is 2. The number of nitrogens with one attached hydrogen (secondary N) is 1. The highest BCUT2D eigenvalue weighted by atomic mass is 16.2. The number of rotatable bonds is 4. The molecule has 3 rings (SSSR count). The Hall–Kier alpha value is -2.40. The maximum Gasteiger partial charge on any atom is 0.322 e. The third-order valence-electron chi connectivity index (χ3n) is 4.45. The minimum Gasteiger partial charge on any atom is -0.336 e. The van der Waals surface area contributed by atoms with E-state index in [0.717, 1.165) is 23.5 Å². The lowest BCUT2D eigenvalue weighted by atomic mass is 10.1. The van der Waals surface area contributed by atoms with Crippen molar-refractivity contribution >= 4 is 11.7 Å². The van der Waals surface area contributed by atoms with Crippen molar-refractivity contribution in [1.29, 1.82) is 0 Å². The number of likely N-dealkylation sites (N-methyl/N-ethyl adjacent to an activating group) is 1. The summed E-state index contributed by atoms with van der Waals surface area (Å²) in [7, 11) is 4.06. The number of carbonyl (C=O) groups excluding carboxylic acids is 1. The van der Waals surface area contributed by atoms with Gasteiger partial charge in [-0.15, -0.1) is 0 Å². The predicted molar refractivity (Wildman–Crippen MR) is 96.3 cm³/mol. The largest absolute Gasteiger partial charge is 0.336 e. The van der Waals surface area contributed by atoms with E-state index < -0.39 is 0 Å². The summed E-state index contributed by atoms with van der Waals surface area (Å²) in [5.74, 6) is 0. The summed E-state index contributed by atoms with van der Waals surface area (Å²) in [5.41, 5.74) is 4.13. The quantitative estimate of drug-likeness (QED) is 0.941. The lowest BCUT2D eigenvalue weighted by Crippen LogP contribution is -2.42. The molecule has 2 amide bonds. The molecule has 1 aromatic carbocycles. The van der Waals surface area contributed by atoms with Crippen LogP contribution < -0.4 is 10.2 Å². The molecule has 0 unspecified atom stereocenters. The molecule has 0 bridgehead atoms. The lowest BCUT2D eigenvalue weighted by Gasteiger charge is -2.26. The number of fused-ring (bicyclic) bond motifs is 1. The zero-order chi connectivity index (χ0) is 17.1. The molecule has 1 atom stereocenters. The van der Waals surface area contributed by atoms with Crippen molar-refractivity contribution in [3.8, 4) is 0 Å². The highest BCUT2D eigenvalue weighted by molar-refractivity contribution is 5.93. The van der Waals surface area contributed by atoms with Crippen LogP contribution in [0, 0.1) is 6.92 Å². The molecule has 0 saturated carbocycles. The number of anilines is 1. The summed E-state index contributed by atoms with van der Waals surface area (Å²) in [6.07, 6.45) is 0.820. The van der Waals surface area contributed by atoms with E-state index in [1.54, 1.807) is 4.90 Å². The summed E-state index contributed by atoms with van der Waals surface area (Å²) in [6, 6.07) is 14.3. The Morgan fingerprint density at radius 1 is 1.25 bits per heavy atom. The van der Waals surface area contributed by atoms with E-state index in [9.17, 15) is 4.79 Å². The van der Waals surface area contributed by atoms with Gasteiger partial charge in [-0.05, 0) is 38.7 Å². The number of aryl methyl sites for hydroxylation is 1.